The van der Waals surface area contributed by atoms with Crippen LogP contribution in [0.15, 0.2) is 0 Å². The molecule has 0 atom stereocenters. The summed E-state index contributed by atoms with van der Waals surface area (Å²) in [7, 11) is 0. The number of rotatable bonds is 17. The number of nitrogens with one attached hydrogen (secondary N) is 1. The second kappa shape index (κ2) is 17.2. The topological polar surface area (TPSA) is 52.2 Å². The first-order valence-electron chi connectivity index (χ1n) is 10.1. The predicted molar refractivity (Wildman–Crippen MR) is 101 cm³/mol. The second-order valence-corrected chi connectivity index (χ2v) is 6.48. The lowest BCUT2D eigenvalue weighted by Gasteiger charge is -2.32. The van der Waals surface area contributed by atoms with E-state index in [0.717, 1.165) is 32.7 Å². The Morgan fingerprint density at radius 3 is 1.80 bits per heavy atom. The van der Waals surface area contributed by atoms with Crippen LogP contribution in [-0.2, 0) is 18.9 Å². The molecule has 0 saturated carbocycles. The first kappa shape index (κ1) is 22.8. The van der Waals surface area contributed by atoms with Crippen molar-refractivity contribution in [1.82, 2.24) is 10.2 Å². The summed E-state index contributed by atoms with van der Waals surface area (Å²) in [5.41, 5.74) is 0. The molecule has 0 bridgehead atoms. The zero-order valence-electron chi connectivity index (χ0n) is 16.5. The monoisotopic (exact) mass is 360 g/mol. The number of hydrogen-bond acceptors (Lipinski definition) is 6. The SMILES string of the molecule is CCCCOCCOCCOCCOCCN1CCC(NCC)CC1. The Bertz CT molecular complexity index is 274. The van der Waals surface area contributed by atoms with E-state index in [4.69, 9.17) is 18.9 Å². The normalized spacial score (nSPS) is 16.6. The van der Waals surface area contributed by atoms with Crippen LogP contribution in [0.4, 0.5) is 0 Å². The van der Waals surface area contributed by atoms with Crippen molar-refractivity contribution in [3.63, 3.8) is 0 Å². The zero-order chi connectivity index (χ0) is 18.0. The van der Waals surface area contributed by atoms with Gasteiger partial charge in [-0.3, -0.25) is 0 Å². The lowest BCUT2D eigenvalue weighted by Crippen LogP contribution is -2.43. The van der Waals surface area contributed by atoms with Gasteiger partial charge in [-0.2, -0.15) is 0 Å². The molecule has 150 valence electrons. The number of unbranched alkanes of at least 4 members (excludes halogenated alkanes) is 1. The van der Waals surface area contributed by atoms with Gasteiger partial charge in [0.2, 0.25) is 0 Å². The largest absolute Gasteiger partial charge is 0.379 e. The average Bonchev–Trinajstić information content (AvgIpc) is 2.63. The molecular weight excluding hydrogens is 320 g/mol. The van der Waals surface area contributed by atoms with E-state index in [0.29, 0.717) is 45.7 Å². The molecule has 0 radical (unpaired) electrons. The fraction of sp³-hybridized carbons (Fsp3) is 1.00. The third-order valence-corrected chi connectivity index (χ3v) is 4.39. The van der Waals surface area contributed by atoms with Crippen molar-refractivity contribution < 1.29 is 18.9 Å². The smallest absolute Gasteiger partial charge is 0.0701 e. The number of piperidine rings is 1. The van der Waals surface area contributed by atoms with Crippen LogP contribution in [-0.4, -0.2) is 90.0 Å². The standard InChI is InChI=1S/C19H40N2O4/c1-3-5-11-22-13-15-24-17-18-25-16-14-23-12-10-21-8-6-19(7-9-21)20-4-2/h19-20H,3-18H2,1-2H3. The highest BCUT2D eigenvalue weighted by Gasteiger charge is 2.17. The highest BCUT2D eigenvalue weighted by Crippen LogP contribution is 2.09. The third kappa shape index (κ3) is 13.6. The maximum absolute atomic E-state index is 5.65. The number of nitrogens with zero attached hydrogens (tertiary/aromatic N) is 1. The van der Waals surface area contributed by atoms with E-state index in [2.05, 4.69) is 24.1 Å². The molecule has 0 aromatic carbocycles. The Morgan fingerprint density at radius 2 is 1.28 bits per heavy atom. The van der Waals surface area contributed by atoms with Crippen LogP contribution < -0.4 is 5.32 Å². The fourth-order valence-corrected chi connectivity index (χ4v) is 2.85. The third-order valence-electron chi connectivity index (χ3n) is 4.39. The van der Waals surface area contributed by atoms with E-state index < -0.39 is 0 Å². The summed E-state index contributed by atoms with van der Waals surface area (Å²) in [5.74, 6) is 0. The predicted octanol–water partition coefficient (Wildman–Crippen LogP) is 1.93. The van der Waals surface area contributed by atoms with E-state index in [9.17, 15) is 0 Å². The molecule has 6 nitrogen and oxygen atoms in total. The number of hydrogen-bond donors (Lipinski definition) is 1. The van der Waals surface area contributed by atoms with Crippen molar-refractivity contribution in [2.45, 2.75) is 45.6 Å². The van der Waals surface area contributed by atoms with Gasteiger partial charge in [-0.25, -0.2) is 0 Å². The Hall–Kier alpha value is -0.240. The molecule has 1 saturated heterocycles. The Balaban J connectivity index is 1.74. The van der Waals surface area contributed by atoms with Crippen LogP contribution >= 0.6 is 0 Å². The van der Waals surface area contributed by atoms with Gasteiger partial charge in [0.05, 0.1) is 46.2 Å². The molecule has 0 aromatic rings. The molecule has 6 heteroatoms. The molecule has 1 fully saturated rings. The summed E-state index contributed by atoms with van der Waals surface area (Å²) in [4.78, 5) is 2.49. The lowest BCUT2D eigenvalue weighted by molar-refractivity contribution is -0.00467. The quantitative estimate of drug-likeness (QED) is 0.400. The van der Waals surface area contributed by atoms with Gasteiger partial charge in [0, 0.05) is 19.2 Å². The van der Waals surface area contributed by atoms with Gasteiger partial charge in [0.15, 0.2) is 0 Å². The summed E-state index contributed by atoms with van der Waals surface area (Å²) in [6.45, 7) is 14.3. The van der Waals surface area contributed by atoms with E-state index in [1.165, 1.54) is 32.4 Å². The van der Waals surface area contributed by atoms with Gasteiger partial charge in [-0.05, 0) is 38.9 Å². The Morgan fingerprint density at radius 1 is 0.760 bits per heavy atom. The first-order valence-corrected chi connectivity index (χ1v) is 10.1. The molecule has 0 aromatic heterocycles. The summed E-state index contributed by atoms with van der Waals surface area (Å²) < 4.78 is 22.0. The van der Waals surface area contributed by atoms with Crippen LogP contribution in [0.25, 0.3) is 0 Å². The van der Waals surface area contributed by atoms with E-state index in [-0.39, 0.29) is 0 Å². The molecule has 1 heterocycles. The maximum atomic E-state index is 5.65. The molecule has 0 amide bonds. The van der Waals surface area contributed by atoms with E-state index >= 15 is 0 Å². The van der Waals surface area contributed by atoms with Crippen LogP contribution in [0, 0.1) is 0 Å². The molecule has 0 aliphatic carbocycles. The number of ether oxygens (including phenoxy) is 4. The summed E-state index contributed by atoms with van der Waals surface area (Å²) in [6, 6.07) is 0.709. The average molecular weight is 361 g/mol. The highest BCUT2D eigenvalue weighted by atomic mass is 16.6. The van der Waals surface area contributed by atoms with Crippen LogP contribution in [0.1, 0.15) is 39.5 Å². The van der Waals surface area contributed by atoms with Crippen LogP contribution in [0.5, 0.6) is 0 Å². The molecule has 1 aliphatic heterocycles. The lowest BCUT2D eigenvalue weighted by atomic mass is 10.1. The molecule has 0 unspecified atom stereocenters. The minimum atomic E-state index is 0.621. The second-order valence-electron chi connectivity index (χ2n) is 6.48. The fourth-order valence-electron chi connectivity index (χ4n) is 2.85. The van der Waals surface area contributed by atoms with Gasteiger partial charge >= 0.3 is 0 Å². The van der Waals surface area contributed by atoms with Crippen molar-refractivity contribution in [2.75, 3.05) is 79.0 Å². The van der Waals surface area contributed by atoms with Crippen molar-refractivity contribution in [3.8, 4) is 0 Å². The van der Waals surface area contributed by atoms with Gasteiger partial charge in [-0.15, -0.1) is 0 Å². The van der Waals surface area contributed by atoms with Gasteiger partial charge in [0.1, 0.15) is 0 Å². The summed E-state index contributed by atoms with van der Waals surface area (Å²) >= 11 is 0. The molecule has 1 rings (SSSR count). The highest BCUT2D eigenvalue weighted by molar-refractivity contribution is 4.76. The van der Waals surface area contributed by atoms with Crippen LogP contribution in [0.3, 0.4) is 0 Å². The minimum Gasteiger partial charge on any atom is -0.379 e. The van der Waals surface area contributed by atoms with Crippen molar-refractivity contribution >= 4 is 0 Å². The maximum Gasteiger partial charge on any atom is 0.0701 e. The summed E-state index contributed by atoms with van der Waals surface area (Å²) in [5, 5.41) is 3.53. The molecule has 1 aliphatic rings. The molecule has 1 N–H and O–H groups in total. The first-order chi connectivity index (χ1) is 12.4. The van der Waals surface area contributed by atoms with Gasteiger partial charge in [-0.1, -0.05) is 20.3 Å². The van der Waals surface area contributed by atoms with E-state index in [1.807, 2.05) is 0 Å². The molecule has 25 heavy (non-hydrogen) atoms. The van der Waals surface area contributed by atoms with Crippen molar-refractivity contribution in [2.24, 2.45) is 0 Å². The number of likely N-dealkylation sites (tertiary alicyclic amines) is 1. The molecule has 0 spiro atoms. The minimum absolute atomic E-state index is 0.621. The Kier molecular flexibility index (Phi) is 15.7. The van der Waals surface area contributed by atoms with E-state index in [1.54, 1.807) is 0 Å². The van der Waals surface area contributed by atoms with Gasteiger partial charge < -0.3 is 29.2 Å². The van der Waals surface area contributed by atoms with Crippen molar-refractivity contribution in [1.29, 1.82) is 0 Å². The Labute approximate surface area is 154 Å². The summed E-state index contributed by atoms with van der Waals surface area (Å²) in [6.07, 6.45) is 4.80. The molecular formula is C19H40N2O4. The van der Waals surface area contributed by atoms with Gasteiger partial charge in [0.25, 0.3) is 0 Å². The van der Waals surface area contributed by atoms with Crippen molar-refractivity contribution in [3.05, 3.63) is 0 Å². The van der Waals surface area contributed by atoms with Crippen LogP contribution in [0.2, 0.25) is 0 Å². The zero-order valence-corrected chi connectivity index (χ0v) is 16.5.